The Morgan fingerprint density at radius 3 is 2.46 bits per heavy atom. The van der Waals surface area contributed by atoms with Gasteiger partial charge in [0.15, 0.2) is 0 Å². The standard InChI is InChI=1S/C19H23NO3S/c1-6-23-19(21)16(11-14-7-9-15(22-5)10-8-14)18-20-17(12(2)3)13(4)24-18/h7-12H,6H2,1-5H3. The largest absolute Gasteiger partial charge is 0.497 e. The van der Waals surface area contributed by atoms with Crippen molar-refractivity contribution in [2.75, 3.05) is 13.7 Å². The lowest BCUT2D eigenvalue weighted by molar-refractivity contribution is -0.136. The van der Waals surface area contributed by atoms with Gasteiger partial charge in [-0.1, -0.05) is 26.0 Å². The number of esters is 1. The van der Waals surface area contributed by atoms with Gasteiger partial charge in [0, 0.05) is 4.88 Å². The molecule has 0 atom stereocenters. The number of ether oxygens (including phenoxy) is 2. The van der Waals surface area contributed by atoms with E-state index in [-0.39, 0.29) is 5.97 Å². The number of carbonyl (C=O) groups excluding carboxylic acids is 1. The summed E-state index contributed by atoms with van der Waals surface area (Å²) >= 11 is 1.53. The lowest BCUT2D eigenvalue weighted by atomic mass is 10.1. The van der Waals surface area contributed by atoms with Crippen LogP contribution in [0.1, 0.15) is 47.8 Å². The van der Waals surface area contributed by atoms with E-state index in [0.29, 0.717) is 23.1 Å². The monoisotopic (exact) mass is 345 g/mol. The Hall–Kier alpha value is -2.14. The summed E-state index contributed by atoms with van der Waals surface area (Å²) in [5.74, 6) is 0.744. The van der Waals surface area contributed by atoms with Gasteiger partial charge in [0.25, 0.3) is 0 Å². The predicted molar refractivity (Wildman–Crippen MR) is 98.4 cm³/mol. The molecule has 0 aliphatic carbocycles. The van der Waals surface area contributed by atoms with Gasteiger partial charge in [-0.3, -0.25) is 0 Å². The van der Waals surface area contributed by atoms with Crippen molar-refractivity contribution < 1.29 is 14.3 Å². The number of aryl methyl sites for hydroxylation is 1. The van der Waals surface area contributed by atoms with Gasteiger partial charge in [-0.2, -0.15) is 0 Å². The quantitative estimate of drug-likeness (QED) is 0.563. The first kappa shape index (κ1) is 18.2. The fourth-order valence-electron chi connectivity index (χ4n) is 2.34. The van der Waals surface area contributed by atoms with Crippen LogP contribution in [0.2, 0.25) is 0 Å². The molecule has 1 aromatic carbocycles. The molecule has 0 bridgehead atoms. The van der Waals surface area contributed by atoms with Crippen LogP contribution in [-0.4, -0.2) is 24.7 Å². The van der Waals surface area contributed by atoms with Crippen LogP contribution >= 0.6 is 11.3 Å². The Kier molecular flexibility index (Phi) is 6.15. The van der Waals surface area contributed by atoms with Crippen molar-refractivity contribution in [3.63, 3.8) is 0 Å². The number of thiazole rings is 1. The van der Waals surface area contributed by atoms with E-state index in [1.54, 1.807) is 14.0 Å². The third-order valence-electron chi connectivity index (χ3n) is 3.53. The van der Waals surface area contributed by atoms with Crippen LogP contribution in [0.3, 0.4) is 0 Å². The lowest BCUT2D eigenvalue weighted by Crippen LogP contribution is -2.07. The molecule has 2 aromatic rings. The van der Waals surface area contributed by atoms with E-state index in [4.69, 9.17) is 9.47 Å². The maximum absolute atomic E-state index is 12.4. The number of nitrogens with zero attached hydrogens (tertiary/aromatic N) is 1. The fourth-order valence-corrected chi connectivity index (χ4v) is 3.41. The summed E-state index contributed by atoms with van der Waals surface area (Å²) in [6, 6.07) is 7.53. The summed E-state index contributed by atoms with van der Waals surface area (Å²) in [5.41, 5.74) is 2.42. The fraction of sp³-hybridized carbons (Fsp3) is 0.368. The molecule has 0 saturated heterocycles. The normalized spacial score (nSPS) is 11.7. The highest BCUT2D eigenvalue weighted by Gasteiger charge is 2.20. The first-order valence-electron chi connectivity index (χ1n) is 7.96. The van der Waals surface area contributed by atoms with Gasteiger partial charge in [-0.15, -0.1) is 11.3 Å². The highest BCUT2D eigenvalue weighted by Crippen LogP contribution is 2.30. The van der Waals surface area contributed by atoms with Gasteiger partial charge in [-0.25, -0.2) is 9.78 Å². The number of hydrogen-bond donors (Lipinski definition) is 0. The molecule has 0 aliphatic rings. The minimum atomic E-state index is -0.350. The van der Waals surface area contributed by atoms with Gasteiger partial charge >= 0.3 is 5.97 Å². The molecule has 0 aliphatic heterocycles. The smallest absolute Gasteiger partial charge is 0.341 e. The highest BCUT2D eigenvalue weighted by molar-refractivity contribution is 7.13. The first-order chi connectivity index (χ1) is 11.5. The van der Waals surface area contributed by atoms with Crippen LogP contribution in [-0.2, 0) is 9.53 Å². The summed E-state index contributed by atoms with van der Waals surface area (Å²) in [6.07, 6.45) is 1.82. The van der Waals surface area contributed by atoms with E-state index < -0.39 is 0 Å². The van der Waals surface area contributed by atoms with E-state index in [0.717, 1.165) is 21.9 Å². The van der Waals surface area contributed by atoms with E-state index in [1.807, 2.05) is 37.3 Å². The first-order valence-corrected chi connectivity index (χ1v) is 8.78. The second-order valence-electron chi connectivity index (χ2n) is 5.67. The van der Waals surface area contributed by atoms with Crippen molar-refractivity contribution in [3.05, 3.63) is 45.4 Å². The van der Waals surface area contributed by atoms with Crippen LogP contribution in [0, 0.1) is 6.92 Å². The Bertz CT molecular complexity index is 730. The molecule has 0 fully saturated rings. The molecule has 0 spiro atoms. The van der Waals surface area contributed by atoms with Crippen molar-refractivity contribution in [2.24, 2.45) is 0 Å². The summed E-state index contributed by atoms with van der Waals surface area (Å²) in [7, 11) is 1.63. The molecule has 0 N–H and O–H groups in total. The van der Waals surface area contributed by atoms with Crippen LogP contribution in [0.5, 0.6) is 5.75 Å². The minimum Gasteiger partial charge on any atom is -0.497 e. The molecule has 0 amide bonds. The van der Waals surface area contributed by atoms with Crippen molar-refractivity contribution in [2.45, 2.75) is 33.6 Å². The molecule has 5 heteroatoms. The van der Waals surface area contributed by atoms with Gasteiger partial charge in [0.05, 0.1) is 25.0 Å². The maximum Gasteiger partial charge on any atom is 0.341 e. The van der Waals surface area contributed by atoms with Crippen molar-refractivity contribution in [3.8, 4) is 5.75 Å². The number of aromatic nitrogens is 1. The number of hydrogen-bond acceptors (Lipinski definition) is 5. The van der Waals surface area contributed by atoms with Crippen LogP contribution in [0.4, 0.5) is 0 Å². The van der Waals surface area contributed by atoms with Crippen molar-refractivity contribution >= 4 is 29.0 Å². The Labute approximate surface area is 147 Å². The molecule has 4 nitrogen and oxygen atoms in total. The Morgan fingerprint density at radius 2 is 1.96 bits per heavy atom. The minimum absolute atomic E-state index is 0.319. The van der Waals surface area contributed by atoms with E-state index >= 15 is 0 Å². The van der Waals surface area contributed by atoms with Crippen molar-refractivity contribution in [1.82, 2.24) is 4.98 Å². The van der Waals surface area contributed by atoms with Crippen LogP contribution in [0.15, 0.2) is 24.3 Å². The molecular formula is C19H23NO3S. The molecular weight excluding hydrogens is 322 g/mol. The zero-order valence-corrected chi connectivity index (χ0v) is 15.6. The van der Waals surface area contributed by atoms with E-state index in [9.17, 15) is 4.79 Å². The predicted octanol–water partition coefficient (Wildman–Crippen LogP) is 4.69. The zero-order valence-electron chi connectivity index (χ0n) is 14.8. The average Bonchev–Trinajstić information content (AvgIpc) is 2.95. The lowest BCUT2D eigenvalue weighted by Gasteiger charge is -2.05. The summed E-state index contributed by atoms with van der Waals surface area (Å²) in [4.78, 5) is 18.2. The average molecular weight is 345 g/mol. The molecule has 1 heterocycles. The molecule has 0 radical (unpaired) electrons. The second kappa shape index (κ2) is 8.11. The number of carbonyl (C=O) groups is 1. The second-order valence-corrected chi connectivity index (χ2v) is 6.87. The van der Waals surface area contributed by atoms with Gasteiger partial charge in [0.1, 0.15) is 10.8 Å². The summed E-state index contributed by atoms with van der Waals surface area (Å²) < 4.78 is 10.4. The van der Waals surface area contributed by atoms with Crippen molar-refractivity contribution in [1.29, 1.82) is 0 Å². The molecule has 0 unspecified atom stereocenters. The van der Waals surface area contributed by atoms with Gasteiger partial charge in [0.2, 0.25) is 0 Å². The Morgan fingerprint density at radius 1 is 1.29 bits per heavy atom. The third-order valence-corrected chi connectivity index (χ3v) is 4.55. The maximum atomic E-state index is 12.4. The number of methoxy groups -OCH3 is 1. The number of rotatable bonds is 6. The molecule has 24 heavy (non-hydrogen) atoms. The summed E-state index contributed by atoms with van der Waals surface area (Å²) in [5, 5.41) is 0.700. The van der Waals surface area contributed by atoms with Crippen LogP contribution in [0.25, 0.3) is 11.6 Å². The third kappa shape index (κ3) is 4.23. The van der Waals surface area contributed by atoms with Crippen LogP contribution < -0.4 is 4.74 Å². The molecule has 1 aromatic heterocycles. The number of benzene rings is 1. The highest BCUT2D eigenvalue weighted by atomic mass is 32.1. The molecule has 0 saturated carbocycles. The summed E-state index contributed by atoms with van der Waals surface area (Å²) in [6.45, 7) is 8.37. The van der Waals surface area contributed by atoms with Gasteiger partial charge in [-0.05, 0) is 43.5 Å². The SMILES string of the molecule is CCOC(=O)C(=Cc1ccc(OC)cc1)c1nc(C(C)C)c(C)s1. The van der Waals surface area contributed by atoms with Gasteiger partial charge < -0.3 is 9.47 Å². The van der Waals surface area contributed by atoms with E-state index in [2.05, 4.69) is 18.8 Å². The Balaban J connectivity index is 2.45. The topological polar surface area (TPSA) is 48.4 Å². The molecule has 2 rings (SSSR count). The molecule has 128 valence electrons. The van der Waals surface area contributed by atoms with E-state index in [1.165, 1.54) is 11.3 Å². The zero-order chi connectivity index (χ0) is 17.7.